The molecule has 0 fully saturated rings. The van der Waals surface area contributed by atoms with E-state index in [4.69, 9.17) is 0 Å². The molecule has 5 nitrogen and oxygen atoms in total. The van der Waals surface area contributed by atoms with Gasteiger partial charge in [0.2, 0.25) is 11.8 Å². The molecular formula is C17H27N3O2. The second kappa shape index (κ2) is 9.20. The van der Waals surface area contributed by atoms with Gasteiger partial charge >= 0.3 is 0 Å². The van der Waals surface area contributed by atoms with E-state index in [9.17, 15) is 9.59 Å². The highest BCUT2D eigenvalue weighted by Crippen LogP contribution is 2.19. The summed E-state index contributed by atoms with van der Waals surface area (Å²) in [5, 5.41) is 5.94. The summed E-state index contributed by atoms with van der Waals surface area (Å²) in [5.41, 5.74) is 2.89. The number of carbonyl (C=O) groups excluding carboxylic acids is 2. The zero-order valence-electron chi connectivity index (χ0n) is 14.0. The molecule has 5 heteroatoms. The fraction of sp³-hybridized carbons (Fsp3) is 0.529. The topological polar surface area (TPSA) is 61.4 Å². The Kier molecular flexibility index (Phi) is 7.60. The van der Waals surface area contributed by atoms with Gasteiger partial charge in [0, 0.05) is 18.7 Å². The highest BCUT2D eigenvalue weighted by atomic mass is 16.2. The van der Waals surface area contributed by atoms with Crippen molar-refractivity contribution in [2.45, 2.75) is 33.6 Å². The van der Waals surface area contributed by atoms with Crippen LogP contribution in [0.3, 0.4) is 0 Å². The molecule has 1 aromatic carbocycles. The van der Waals surface area contributed by atoms with Gasteiger partial charge in [0.15, 0.2) is 0 Å². The van der Waals surface area contributed by atoms with Gasteiger partial charge in [0.25, 0.3) is 0 Å². The van der Waals surface area contributed by atoms with E-state index in [1.54, 1.807) is 4.90 Å². The molecular weight excluding hydrogens is 278 g/mol. The van der Waals surface area contributed by atoms with Crippen molar-refractivity contribution in [3.05, 3.63) is 29.3 Å². The molecule has 0 radical (unpaired) electrons. The van der Waals surface area contributed by atoms with Crippen LogP contribution < -0.4 is 10.6 Å². The van der Waals surface area contributed by atoms with Crippen LogP contribution in [-0.2, 0) is 9.59 Å². The van der Waals surface area contributed by atoms with E-state index in [-0.39, 0.29) is 18.4 Å². The molecule has 0 aromatic heterocycles. The molecule has 0 heterocycles. The summed E-state index contributed by atoms with van der Waals surface area (Å²) in [6.45, 7) is 7.26. The molecule has 0 bridgehead atoms. The molecule has 2 N–H and O–H groups in total. The molecule has 122 valence electrons. The molecule has 2 amide bonds. The number of likely N-dealkylation sites (N-methyl/N-ethyl adjacent to an activating group) is 1. The monoisotopic (exact) mass is 305 g/mol. The van der Waals surface area contributed by atoms with Gasteiger partial charge in [-0.2, -0.15) is 0 Å². The number of hydrogen-bond donors (Lipinski definition) is 2. The third-order valence-corrected chi connectivity index (χ3v) is 3.63. The number of rotatable bonds is 8. The van der Waals surface area contributed by atoms with Crippen molar-refractivity contribution in [2.24, 2.45) is 0 Å². The van der Waals surface area contributed by atoms with Gasteiger partial charge in [0.1, 0.15) is 0 Å². The van der Waals surface area contributed by atoms with E-state index in [0.29, 0.717) is 13.0 Å². The second-order valence-electron chi connectivity index (χ2n) is 5.43. The lowest BCUT2D eigenvalue weighted by atomic mass is 10.1. The Hall–Kier alpha value is -1.88. The van der Waals surface area contributed by atoms with E-state index in [0.717, 1.165) is 29.8 Å². The average Bonchev–Trinajstić information content (AvgIpc) is 2.48. The zero-order chi connectivity index (χ0) is 16.5. The molecule has 22 heavy (non-hydrogen) atoms. The van der Waals surface area contributed by atoms with Crippen LogP contribution in [0.15, 0.2) is 18.2 Å². The fourth-order valence-corrected chi connectivity index (χ4v) is 2.31. The van der Waals surface area contributed by atoms with Crippen molar-refractivity contribution in [3.8, 4) is 0 Å². The van der Waals surface area contributed by atoms with E-state index in [1.807, 2.05) is 46.0 Å². The Balaban J connectivity index is 2.60. The highest BCUT2D eigenvalue weighted by molar-refractivity contribution is 5.95. The van der Waals surface area contributed by atoms with Crippen molar-refractivity contribution in [2.75, 3.05) is 32.0 Å². The van der Waals surface area contributed by atoms with Crippen LogP contribution in [-0.4, -0.2) is 43.4 Å². The summed E-state index contributed by atoms with van der Waals surface area (Å²) in [5.74, 6) is -0.129. The minimum atomic E-state index is -0.152. The lowest BCUT2D eigenvalue weighted by molar-refractivity contribution is -0.134. The maximum Gasteiger partial charge on any atom is 0.244 e. The highest BCUT2D eigenvalue weighted by Gasteiger charge is 2.16. The smallest absolute Gasteiger partial charge is 0.244 e. The molecule has 0 saturated heterocycles. The number of amides is 2. The Bertz CT molecular complexity index is 494. The van der Waals surface area contributed by atoms with Crippen LogP contribution in [0.5, 0.6) is 0 Å². The zero-order valence-corrected chi connectivity index (χ0v) is 14.0. The normalized spacial score (nSPS) is 10.4. The molecule has 1 aromatic rings. The Morgan fingerprint density at radius 3 is 2.36 bits per heavy atom. The first-order valence-corrected chi connectivity index (χ1v) is 7.78. The number of nitrogens with zero attached hydrogens (tertiary/aromatic N) is 1. The molecule has 0 aliphatic carbocycles. The van der Waals surface area contributed by atoms with Crippen LogP contribution in [0, 0.1) is 13.8 Å². The van der Waals surface area contributed by atoms with Gasteiger partial charge in [-0.15, -0.1) is 0 Å². The quantitative estimate of drug-likeness (QED) is 0.723. The number of aryl methyl sites for hydroxylation is 2. The molecule has 0 aliphatic heterocycles. The Labute approximate surface area is 133 Å². The van der Waals surface area contributed by atoms with E-state index < -0.39 is 0 Å². The minimum absolute atomic E-state index is 0.0226. The number of hydrogen-bond acceptors (Lipinski definition) is 3. The SMILES string of the molecule is CCN(CC(=O)Nc1c(C)cccc1C)C(=O)CCCNC. The molecule has 0 spiro atoms. The third-order valence-electron chi connectivity index (χ3n) is 3.63. The lowest BCUT2D eigenvalue weighted by Crippen LogP contribution is -2.38. The van der Waals surface area contributed by atoms with Gasteiger partial charge < -0.3 is 15.5 Å². The van der Waals surface area contributed by atoms with Crippen molar-refractivity contribution in [3.63, 3.8) is 0 Å². The maximum absolute atomic E-state index is 12.2. The fourth-order valence-electron chi connectivity index (χ4n) is 2.31. The minimum Gasteiger partial charge on any atom is -0.334 e. The summed E-state index contributed by atoms with van der Waals surface area (Å²) >= 11 is 0. The van der Waals surface area contributed by atoms with Gasteiger partial charge in [-0.3, -0.25) is 9.59 Å². The van der Waals surface area contributed by atoms with E-state index >= 15 is 0 Å². The third kappa shape index (κ3) is 5.48. The summed E-state index contributed by atoms with van der Waals surface area (Å²) < 4.78 is 0. The number of anilines is 1. The summed E-state index contributed by atoms with van der Waals surface area (Å²) in [6.07, 6.45) is 1.25. The summed E-state index contributed by atoms with van der Waals surface area (Å²) in [7, 11) is 1.86. The van der Waals surface area contributed by atoms with Gasteiger partial charge in [-0.05, 0) is 51.9 Å². The number of carbonyl (C=O) groups is 2. The molecule has 1 rings (SSSR count). The number of para-hydroxylation sites is 1. The summed E-state index contributed by atoms with van der Waals surface area (Å²) in [6, 6.07) is 5.89. The average molecular weight is 305 g/mol. The maximum atomic E-state index is 12.2. The first-order chi connectivity index (χ1) is 10.5. The predicted molar refractivity (Wildman–Crippen MR) is 90.0 cm³/mol. The first-order valence-electron chi connectivity index (χ1n) is 7.78. The van der Waals surface area contributed by atoms with E-state index in [2.05, 4.69) is 10.6 Å². The number of benzene rings is 1. The molecule has 0 saturated carbocycles. The number of nitrogens with one attached hydrogen (secondary N) is 2. The van der Waals surface area contributed by atoms with E-state index in [1.165, 1.54) is 0 Å². The lowest BCUT2D eigenvalue weighted by Gasteiger charge is -2.21. The van der Waals surface area contributed by atoms with Crippen LogP contribution in [0.25, 0.3) is 0 Å². The van der Waals surface area contributed by atoms with Crippen LogP contribution in [0.1, 0.15) is 30.9 Å². The van der Waals surface area contributed by atoms with Gasteiger partial charge in [-0.1, -0.05) is 18.2 Å². The Morgan fingerprint density at radius 2 is 1.82 bits per heavy atom. The van der Waals surface area contributed by atoms with Gasteiger partial charge in [-0.25, -0.2) is 0 Å². The molecule has 0 aliphatic rings. The standard InChI is InChI=1S/C17H27N3O2/c1-5-20(16(22)10-7-11-18-4)12-15(21)19-17-13(2)8-6-9-14(17)3/h6,8-9,18H,5,7,10-12H2,1-4H3,(H,19,21). The predicted octanol–water partition coefficient (Wildman–Crippen LogP) is 2.09. The van der Waals surface area contributed by atoms with Crippen molar-refractivity contribution in [1.82, 2.24) is 10.2 Å². The largest absolute Gasteiger partial charge is 0.334 e. The van der Waals surface area contributed by atoms with Crippen molar-refractivity contribution in [1.29, 1.82) is 0 Å². The molecule has 0 unspecified atom stereocenters. The van der Waals surface area contributed by atoms with Gasteiger partial charge in [0.05, 0.1) is 6.54 Å². The second-order valence-corrected chi connectivity index (χ2v) is 5.43. The van der Waals surface area contributed by atoms with Crippen molar-refractivity contribution >= 4 is 17.5 Å². The van der Waals surface area contributed by atoms with Crippen molar-refractivity contribution < 1.29 is 9.59 Å². The van der Waals surface area contributed by atoms with Crippen LogP contribution in [0.2, 0.25) is 0 Å². The van der Waals surface area contributed by atoms with Crippen LogP contribution >= 0.6 is 0 Å². The first kappa shape index (κ1) is 18.2. The van der Waals surface area contributed by atoms with Crippen LogP contribution in [0.4, 0.5) is 5.69 Å². The Morgan fingerprint density at radius 1 is 1.18 bits per heavy atom. The summed E-state index contributed by atoms with van der Waals surface area (Å²) in [4.78, 5) is 25.9. The molecule has 0 atom stereocenters.